The number of rotatable bonds is 5. The lowest BCUT2D eigenvalue weighted by atomic mass is 9.90. The number of hydrogen-bond acceptors (Lipinski definition) is 3. The van der Waals surface area contributed by atoms with Crippen molar-refractivity contribution in [2.75, 3.05) is 7.11 Å². The highest BCUT2D eigenvalue weighted by molar-refractivity contribution is 5.69. The summed E-state index contributed by atoms with van der Waals surface area (Å²) in [5.74, 6) is -0.535. The van der Waals surface area contributed by atoms with E-state index in [0.29, 0.717) is 11.3 Å². The summed E-state index contributed by atoms with van der Waals surface area (Å²) in [5.41, 5.74) is 0.121. The topological polar surface area (TPSA) is 66.8 Å². The SMILES string of the molecule is CCc1ccc(OC)c(C(C)(O)CC(=O)O)c1. The smallest absolute Gasteiger partial charge is 0.306 e. The molecule has 17 heavy (non-hydrogen) atoms. The maximum atomic E-state index is 10.7. The summed E-state index contributed by atoms with van der Waals surface area (Å²) in [5, 5.41) is 19.0. The van der Waals surface area contributed by atoms with Gasteiger partial charge in [-0.05, 0) is 31.0 Å². The molecule has 2 N–H and O–H groups in total. The Balaban J connectivity index is 3.21. The van der Waals surface area contributed by atoms with Crippen molar-refractivity contribution in [2.24, 2.45) is 0 Å². The number of aliphatic carboxylic acids is 1. The molecule has 0 spiro atoms. The van der Waals surface area contributed by atoms with Gasteiger partial charge >= 0.3 is 5.97 Å². The van der Waals surface area contributed by atoms with Gasteiger partial charge in [-0.2, -0.15) is 0 Å². The van der Waals surface area contributed by atoms with Gasteiger partial charge in [-0.1, -0.05) is 13.0 Å². The van der Waals surface area contributed by atoms with Crippen molar-refractivity contribution in [1.82, 2.24) is 0 Å². The third kappa shape index (κ3) is 3.20. The zero-order valence-corrected chi connectivity index (χ0v) is 10.4. The van der Waals surface area contributed by atoms with E-state index in [0.717, 1.165) is 12.0 Å². The van der Waals surface area contributed by atoms with Crippen LogP contribution in [0.25, 0.3) is 0 Å². The molecule has 0 saturated carbocycles. The van der Waals surface area contributed by atoms with Gasteiger partial charge in [0.05, 0.1) is 13.5 Å². The van der Waals surface area contributed by atoms with Gasteiger partial charge in [0.1, 0.15) is 11.4 Å². The van der Waals surface area contributed by atoms with Crippen LogP contribution >= 0.6 is 0 Å². The van der Waals surface area contributed by atoms with E-state index in [1.165, 1.54) is 14.0 Å². The summed E-state index contributed by atoms with van der Waals surface area (Å²) in [6.07, 6.45) is 0.469. The van der Waals surface area contributed by atoms with E-state index in [1.807, 2.05) is 13.0 Å². The molecule has 0 saturated heterocycles. The zero-order valence-electron chi connectivity index (χ0n) is 10.4. The fourth-order valence-corrected chi connectivity index (χ4v) is 1.79. The number of aryl methyl sites for hydroxylation is 1. The summed E-state index contributed by atoms with van der Waals surface area (Å²) in [7, 11) is 1.50. The molecule has 0 aromatic heterocycles. The molecule has 0 bridgehead atoms. The maximum absolute atomic E-state index is 10.7. The molecular formula is C13H18O4. The second-order valence-electron chi connectivity index (χ2n) is 4.23. The van der Waals surface area contributed by atoms with E-state index in [9.17, 15) is 9.90 Å². The fourth-order valence-electron chi connectivity index (χ4n) is 1.79. The Hall–Kier alpha value is -1.55. The number of methoxy groups -OCH3 is 1. The predicted octanol–water partition coefficient (Wildman–Crippen LogP) is 1.94. The van der Waals surface area contributed by atoms with Gasteiger partial charge in [-0.15, -0.1) is 0 Å². The van der Waals surface area contributed by atoms with E-state index < -0.39 is 11.6 Å². The normalized spacial score (nSPS) is 14.1. The molecule has 1 aromatic carbocycles. The van der Waals surface area contributed by atoms with Gasteiger partial charge in [0, 0.05) is 5.56 Å². The molecule has 0 fully saturated rings. The van der Waals surface area contributed by atoms with Crippen LogP contribution in [0.3, 0.4) is 0 Å². The van der Waals surface area contributed by atoms with Gasteiger partial charge in [-0.3, -0.25) is 4.79 Å². The Bertz CT molecular complexity index is 410. The molecule has 0 heterocycles. The van der Waals surface area contributed by atoms with Gasteiger partial charge in [0.15, 0.2) is 0 Å². The van der Waals surface area contributed by atoms with Crippen LogP contribution in [0.15, 0.2) is 18.2 Å². The summed E-state index contributed by atoms with van der Waals surface area (Å²) < 4.78 is 5.16. The Kier molecular flexibility index (Phi) is 4.12. The fraction of sp³-hybridized carbons (Fsp3) is 0.462. The lowest BCUT2D eigenvalue weighted by Crippen LogP contribution is -2.26. The lowest BCUT2D eigenvalue weighted by molar-refractivity contribution is -0.142. The molecule has 0 aliphatic carbocycles. The minimum absolute atomic E-state index is 0.351. The van der Waals surface area contributed by atoms with Crippen LogP contribution in [0.4, 0.5) is 0 Å². The minimum Gasteiger partial charge on any atom is -0.496 e. The van der Waals surface area contributed by atoms with Crippen molar-refractivity contribution in [3.63, 3.8) is 0 Å². The van der Waals surface area contributed by atoms with Crippen molar-refractivity contribution in [1.29, 1.82) is 0 Å². The molecule has 1 unspecified atom stereocenters. The zero-order chi connectivity index (χ0) is 13.1. The Morgan fingerprint density at radius 3 is 2.59 bits per heavy atom. The summed E-state index contributed by atoms with van der Waals surface area (Å²) in [6, 6.07) is 5.45. The molecule has 1 rings (SSSR count). The van der Waals surface area contributed by atoms with E-state index >= 15 is 0 Å². The second-order valence-corrected chi connectivity index (χ2v) is 4.23. The summed E-state index contributed by atoms with van der Waals surface area (Å²) in [6.45, 7) is 3.48. The highest BCUT2D eigenvalue weighted by Crippen LogP contribution is 2.33. The third-order valence-corrected chi connectivity index (χ3v) is 2.75. The van der Waals surface area contributed by atoms with Crippen LogP contribution in [-0.4, -0.2) is 23.3 Å². The number of carboxylic acids is 1. The Morgan fingerprint density at radius 1 is 1.47 bits per heavy atom. The van der Waals surface area contributed by atoms with Crippen molar-refractivity contribution in [2.45, 2.75) is 32.3 Å². The number of benzene rings is 1. The molecule has 1 aromatic rings. The number of carboxylic acid groups (broad SMARTS) is 1. The monoisotopic (exact) mass is 238 g/mol. The van der Waals surface area contributed by atoms with Crippen LogP contribution in [0.5, 0.6) is 5.75 Å². The first-order valence-electron chi connectivity index (χ1n) is 5.52. The van der Waals surface area contributed by atoms with Gasteiger partial charge < -0.3 is 14.9 Å². The molecule has 0 aliphatic heterocycles. The standard InChI is InChI=1S/C13H18O4/c1-4-9-5-6-11(17-3)10(7-9)13(2,16)8-12(14)15/h5-7,16H,4,8H2,1-3H3,(H,14,15). The largest absolute Gasteiger partial charge is 0.496 e. The highest BCUT2D eigenvalue weighted by Gasteiger charge is 2.29. The van der Waals surface area contributed by atoms with Gasteiger partial charge in [-0.25, -0.2) is 0 Å². The Morgan fingerprint density at radius 2 is 2.12 bits per heavy atom. The molecule has 4 nitrogen and oxygen atoms in total. The van der Waals surface area contributed by atoms with E-state index in [-0.39, 0.29) is 6.42 Å². The minimum atomic E-state index is -1.43. The second kappa shape index (κ2) is 5.19. The summed E-state index contributed by atoms with van der Waals surface area (Å²) >= 11 is 0. The number of hydrogen-bond donors (Lipinski definition) is 2. The van der Waals surface area contributed by atoms with E-state index in [4.69, 9.17) is 9.84 Å². The molecule has 4 heteroatoms. The van der Waals surface area contributed by atoms with E-state index in [2.05, 4.69) is 0 Å². The van der Waals surface area contributed by atoms with E-state index in [1.54, 1.807) is 12.1 Å². The molecule has 94 valence electrons. The predicted molar refractivity (Wildman–Crippen MR) is 64.2 cm³/mol. The average Bonchev–Trinajstić information content (AvgIpc) is 2.26. The molecule has 0 aliphatic rings. The van der Waals surface area contributed by atoms with Crippen molar-refractivity contribution >= 4 is 5.97 Å². The van der Waals surface area contributed by atoms with Crippen LogP contribution in [0.2, 0.25) is 0 Å². The van der Waals surface area contributed by atoms with Crippen LogP contribution in [-0.2, 0) is 16.8 Å². The maximum Gasteiger partial charge on any atom is 0.306 e. The summed E-state index contributed by atoms with van der Waals surface area (Å²) in [4.78, 5) is 10.7. The van der Waals surface area contributed by atoms with Crippen molar-refractivity contribution in [3.05, 3.63) is 29.3 Å². The quantitative estimate of drug-likeness (QED) is 0.822. The van der Waals surface area contributed by atoms with Crippen LogP contribution in [0, 0.1) is 0 Å². The lowest BCUT2D eigenvalue weighted by Gasteiger charge is -2.24. The van der Waals surface area contributed by atoms with Gasteiger partial charge in [0.25, 0.3) is 0 Å². The first-order valence-corrected chi connectivity index (χ1v) is 5.52. The number of carbonyl (C=O) groups is 1. The number of ether oxygens (including phenoxy) is 1. The number of aliphatic hydroxyl groups is 1. The third-order valence-electron chi connectivity index (χ3n) is 2.75. The van der Waals surface area contributed by atoms with Gasteiger partial charge in [0.2, 0.25) is 0 Å². The van der Waals surface area contributed by atoms with Crippen molar-refractivity contribution in [3.8, 4) is 5.75 Å². The van der Waals surface area contributed by atoms with Crippen molar-refractivity contribution < 1.29 is 19.7 Å². The first kappa shape index (κ1) is 13.5. The molecule has 0 radical (unpaired) electrons. The first-order chi connectivity index (χ1) is 7.90. The van der Waals surface area contributed by atoms with Crippen LogP contribution in [0.1, 0.15) is 31.4 Å². The van der Waals surface area contributed by atoms with Crippen LogP contribution < -0.4 is 4.74 Å². The molecule has 1 atom stereocenters. The highest BCUT2D eigenvalue weighted by atomic mass is 16.5. The molecular weight excluding hydrogens is 220 g/mol. The average molecular weight is 238 g/mol. The Labute approximate surface area is 101 Å². The molecule has 0 amide bonds.